The SMILES string of the molecule is COc1ccc(C(CNC(=O)CCOc2ccccc2OC)N(C)C)cc1. The lowest BCUT2D eigenvalue weighted by Crippen LogP contribution is -2.35. The molecule has 0 spiro atoms. The number of rotatable bonds is 10. The van der Waals surface area contributed by atoms with Gasteiger partial charge in [0.1, 0.15) is 5.75 Å². The summed E-state index contributed by atoms with van der Waals surface area (Å²) in [6.45, 7) is 0.814. The van der Waals surface area contributed by atoms with Gasteiger partial charge in [-0.2, -0.15) is 0 Å². The smallest absolute Gasteiger partial charge is 0.223 e. The second-order valence-corrected chi connectivity index (χ2v) is 6.31. The number of nitrogens with zero attached hydrogens (tertiary/aromatic N) is 1. The van der Waals surface area contributed by atoms with Crippen LogP contribution >= 0.6 is 0 Å². The van der Waals surface area contributed by atoms with Crippen LogP contribution in [0.15, 0.2) is 48.5 Å². The monoisotopic (exact) mass is 372 g/mol. The fourth-order valence-electron chi connectivity index (χ4n) is 2.72. The summed E-state index contributed by atoms with van der Waals surface area (Å²) < 4.78 is 16.1. The van der Waals surface area contributed by atoms with E-state index in [0.717, 1.165) is 11.3 Å². The van der Waals surface area contributed by atoms with E-state index in [1.807, 2.05) is 62.6 Å². The lowest BCUT2D eigenvalue weighted by Gasteiger charge is -2.25. The number of carbonyl (C=O) groups is 1. The summed E-state index contributed by atoms with van der Waals surface area (Å²) in [6.07, 6.45) is 0.279. The van der Waals surface area contributed by atoms with Crippen LogP contribution < -0.4 is 19.5 Å². The molecule has 0 saturated heterocycles. The fourth-order valence-corrected chi connectivity index (χ4v) is 2.72. The average Bonchev–Trinajstić information content (AvgIpc) is 2.68. The fraction of sp³-hybridized carbons (Fsp3) is 0.381. The molecule has 0 saturated carbocycles. The highest BCUT2D eigenvalue weighted by Crippen LogP contribution is 2.25. The molecule has 0 aliphatic rings. The summed E-state index contributed by atoms with van der Waals surface area (Å²) in [4.78, 5) is 14.3. The number of likely N-dealkylation sites (N-methyl/N-ethyl adjacent to an activating group) is 1. The van der Waals surface area contributed by atoms with E-state index in [0.29, 0.717) is 24.7 Å². The molecule has 146 valence electrons. The van der Waals surface area contributed by atoms with Crippen molar-refractivity contribution in [1.29, 1.82) is 0 Å². The van der Waals surface area contributed by atoms with Crippen LogP contribution in [-0.4, -0.2) is 52.3 Å². The van der Waals surface area contributed by atoms with Gasteiger partial charge in [0, 0.05) is 6.54 Å². The zero-order valence-corrected chi connectivity index (χ0v) is 16.4. The Morgan fingerprint density at radius 3 is 2.26 bits per heavy atom. The van der Waals surface area contributed by atoms with Crippen molar-refractivity contribution in [2.45, 2.75) is 12.5 Å². The van der Waals surface area contributed by atoms with Gasteiger partial charge in [-0.05, 0) is 43.9 Å². The minimum Gasteiger partial charge on any atom is -0.497 e. The number of methoxy groups -OCH3 is 2. The summed E-state index contributed by atoms with van der Waals surface area (Å²) in [6, 6.07) is 15.3. The van der Waals surface area contributed by atoms with E-state index in [4.69, 9.17) is 14.2 Å². The van der Waals surface area contributed by atoms with Gasteiger partial charge in [-0.1, -0.05) is 24.3 Å². The van der Waals surface area contributed by atoms with Crippen LogP contribution in [0, 0.1) is 0 Å². The van der Waals surface area contributed by atoms with E-state index in [1.54, 1.807) is 14.2 Å². The Bertz CT molecular complexity index is 716. The molecule has 2 aromatic carbocycles. The van der Waals surface area contributed by atoms with Crippen molar-refractivity contribution in [2.75, 3.05) is 41.5 Å². The maximum absolute atomic E-state index is 12.2. The highest BCUT2D eigenvalue weighted by Gasteiger charge is 2.15. The predicted octanol–water partition coefficient (Wildman–Crippen LogP) is 2.89. The topological polar surface area (TPSA) is 60.0 Å². The zero-order valence-electron chi connectivity index (χ0n) is 16.4. The molecule has 1 atom stereocenters. The highest BCUT2D eigenvalue weighted by atomic mass is 16.5. The minimum absolute atomic E-state index is 0.0507. The Kier molecular flexibility index (Phi) is 7.95. The molecule has 0 fully saturated rings. The van der Waals surface area contributed by atoms with Gasteiger partial charge in [0.15, 0.2) is 11.5 Å². The highest BCUT2D eigenvalue weighted by molar-refractivity contribution is 5.76. The van der Waals surface area contributed by atoms with Crippen molar-refractivity contribution in [3.63, 3.8) is 0 Å². The molecule has 1 N–H and O–H groups in total. The number of ether oxygens (including phenoxy) is 3. The summed E-state index contributed by atoms with van der Waals surface area (Å²) in [5.41, 5.74) is 1.12. The average molecular weight is 372 g/mol. The number of amides is 1. The van der Waals surface area contributed by atoms with Gasteiger partial charge in [-0.15, -0.1) is 0 Å². The molecule has 0 heterocycles. The van der Waals surface area contributed by atoms with Gasteiger partial charge >= 0.3 is 0 Å². The van der Waals surface area contributed by atoms with Crippen LogP contribution in [-0.2, 0) is 4.79 Å². The Labute approximate surface area is 161 Å². The molecule has 0 aromatic heterocycles. The molecule has 0 aliphatic carbocycles. The number of hydrogen-bond acceptors (Lipinski definition) is 5. The van der Waals surface area contributed by atoms with Crippen LogP contribution in [0.1, 0.15) is 18.0 Å². The van der Waals surface area contributed by atoms with E-state index in [-0.39, 0.29) is 18.4 Å². The van der Waals surface area contributed by atoms with Crippen molar-refractivity contribution in [2.24, 2.45) is 0 Å². The van der Waals surface area contributed by atoms with Crippen molar-refractivity contribution < 1.29 is 19.0 Å². The van der Waals surface area contributed by atoms with Crippen molar-refractivity contribution in [1.82, 2.24) is 10.2 Å². The first kappa shape index (κ1) is 20.6. The number of benzene rings is 2. The second kappa shape index (κ2) is 10.4. The number of hydrogen-bond donors (Lipinski definition) is 1. The normalized spacial score (nSPS) is 11.7. The Hall–Kier alpha value is -2.73. The summed E-state index contributed by atoms with van der Waals surface area (Å²) >= 11 is 0. The van der Waals surface area contributed by atoms with Crippen molar-refractivity contribution in [3.8, 4) is 17.2 Å². The first-order chi connectivity index (χ1) is 13.0. The van der Waals surface area contributed by atoms with E-state index in [1.165, 1.54) is 0 Å². The molecule has 6 heteroatoms. The quantitative estimate of drug-likeness (QED) is 0.695. The Morgan fingerprint density at radius 2 is 1.67 bits per heavy atom. The molecule has 2 rings (SSSR count). The molecule has 1 amide bonds. The minimum atomic E-state index is -0.0507. The number of nitrogens with one attached hydrogen (secondary N) is 1. The van der Waals surface area contributed by atoms with Gasteiger partial charge < -0.3 is 24.4 Å². The molecule has 2 aromatic rings. The molecule has 1 unspecified atom stereocenters. The molecule has 0 radical (unpaired) electrons. The maximum Gasteiger partial charge on any atom is 0.223 e. The van der Waals surface area contributed by atoms with Crippen molar-refractivity contribution >= 4 is 5.91 Å². The lowest BCUT2D eigenvalue weighted by molar-refractivity contribution is -0.121. The molecule has 6 nitrogen and oxygen atoms in total. The Morgan fingerprint density at radius 1 is 1.00 bits per heavy atom. The third-order valence-electron chi connectivity index (χ3n) is 4.27. The number of para-hydroxylation sites is 2. The van der Waals surface area contributed by atoms with Gasteiger partial charge in [0.2, 0.25) is 5.91 Å². The van der Waals surface area contributed by atoms with E-state index < -0.39 is 0 Å². The van der Waals surface area contributed by atoms with Crippen LogP contribution in [0.2, 0.25) is 0 Å². The second-order valence-electron chi connectivity index (χ2n) is 6.31. The third kappa shape index (κ3) is 6.18. The van der Waals surface area contributed by atoms with Gasteiger partial charge in [0.25, 0.3) is 0 Å². The number of carbonyl (C=O) groups excluding carboxylic acids is 1. The van der Waals surface area contributed by atoms with Crippen LogP contribution in [0.3, 0.4) is 0 Å². The molecular weight excluding hydrogens is 344 g/mol. The van der Waals surface area contributed by atoms with Gasteiger partial charge in [0.05, 0.1) is 33.3 Å². The summed E-state index contributed by atoms with van der Waals surface area (Å²) in [7, 11) is 7.22. The largest absolute Gasteiger partial charge is 0.497 e. The molecule has 0 aliphatic heterocycles. The van der Waals surface area contributed by atoms with E-state index in [2.05, 4.69) is 10.2 Å². The van der Waals surface area contributed by atoms with Crippen LogP contribution in [0.4, 0.5) is 0 Å². The lowest BCUT2D eigenvalue weighted by atomic mass is 10.1. The first-order valence-electron chi connectivity index (χ1n) is 8.88. The van der Waals surface area contributed by atoms with E-state index >= 15 is 0 Å². The molecular formula is C21H28N2O4. The third-order valence-corrected chi connectivity index (χ3v) is 4.27. The molecule has 27 heavy (non-hydrogen) atoms. The Balaban J connectivity index is 1.83. The summed E-state index contributed by atoms with van der Waals surface area (Å²) in [5.74, 6) is 2.06. The standard InChI is InChI=1S/C21H28N2O4/c1-23(2)18(16-9-11-17(25-3)12-10-16)15-22-21(24)13-14-27-20-8-6-5-7-19(20)26-4/h5-12,18H,13-15H2,1-4H3,(H,22,24). The van der Waals surface area contributed by atoms with E-state index in [9.17, 15) is 4.79 Å². The van der Waals surface area contributed by atoms with Gasteiger partial charge in [-0.3, -0.25) is 4.79 Å². The summed E-state index contributed by atoms with van der Waals surface area (Å²) in [5, 5.41) is 2.98. The first-order valence-corrected chi connectivity index (χ1v) is 8.88. The van der Waals surface area contributed by atoms with Crippen LogP contribution in [0.25, 0.3) is 0 Å². The van der Waals surface area contributed by atoms with Crippen LogP contribution in [0.5, 0.6) is 17.2 Å². The van der Waals surface area contributed by atoms with Gasteiger partial charge in [-0.25, -0.2) is 0 Å². The predicted molar refractivity (Wildman–Crippen MR) is 106 cm³/mol. The van der Waals surface area contributed by atoms with Crippen molar-refractivity contribution in [3.05, 3.63) is 54.1 Å². The molecule has 0 bridgehead atoms. The maximum atomic E-state index is 12.2. The zero-order chi connectivity index (χ0) is 19.6.